The van der Waals surface area contributed by atoms with Gasteiger partial charge in [0, 0.05) is 16.5 Å². The van der Waals surface area contributed by atoms with Crippen molar-refractivity contribution in [1.29, 1.82) is 0 Å². The summed E-state index contributed by atoms with van der Waals surface area (Å²) in [6.45, 7) is 2.06. The van der Waals surface area contributed by atoms with Crippen LogP contribution in [0.5, 0.6) is 0 Å². The summed E-state index contributed by atoms with van der Waals surface area (Å²) in [5, 5.41) is 14.9. The van der Waals surface area contributed by atoms with Crippen LogP contribution in [0.1, 0.15) is 12.7 Å². The molecular formula is C19H16FN5O2. The van der Waals surface area contributed by atoms with E-state index in [1.54, 1.807) is 25.3 Å². The first-order chi connectivity index (χ1) is 13.2. The van der Waals surface area contributed by atoms with Crippen molar-refractivity contribution in [2.24, 2.45) is 0 Å². The van der Waals surface area contributed by atoms with Crippen molar-refractivity contribution in [1.82, 2.24) is 25.4 Å². The van der Waals surface area contributed by atoms with Crippen molar-refractivity contribution in [3.05, 3.63) is 54.2 Å². The van der Waals surface area contributed by atoms with E-state index in [-0.39, 0.29) is 18.2 Å². The van der Waals surface area contributed by atoms with Crippen LogP contribution in [-0.4, -0.2) is 38.0 Å². The van der Waals surface area contributed by atoms with Crippen LogP contribution in [0.3, 0.4) is 0 Å². The zero-order valence-corrected chi connectivity index (χ0v) is 14.5. The maximum absolute atomic E-state index is 13.4. The number of nitrogens with one attached hydrogen (secondary N) is 2. The van der Waals surface area contributed by atoms with Gasteiger partial charge < -0.3 is 4.74 Å². The van der Waals surface area contributed by atoms with Gasteiger partial charge in [0.2, 0.25) is 0 Å². The van der Waals surface area contributed by atoms with Crippen molar-refractivity contribution in [3.8, 4) is 22.5 Å². The number of hydrogen-bond donors (Lipinski definition) is 2. The zero-order chi connectivity index (χ0) is 18.8. The Balaban J connectivity index is 1.80. The molecule has 2 heterocycles. The number of aromatic amines is 2. The fourth-order valence-corrected chi connectivity index (χ4v) is 2.97. The van der Waals surface area contributed by atoms with E-state index in [1.165, 1.54) is 12.1 Å². The topological polar surface area (TPSA) is 96.6 Å². The number of carbonyl (C=O) groups is 1. The van der Waals surface area contributed by atoms with Gasteiger partial charge in [-0.25, -0.2) is 9.37 Å². The summed E-state index contributed by atoms with van der Waals surface area (Å²) in [4.78, 5) is 16.1. The largest absolute Gasteiger partial charge is 0.466 e. The van der Waals surface area contributed by atoms with Gasteiger partial charge in [-0.3, -0.25) is 15.0 Å². The molecule has 8 heteroatoms. The van der Waals surface area contributed by atoms with Gasteiger partial charge in [0.25, 0.3) is 0 Å². The zero-order valence-electron chi connectivity index (χ0n) is 14.5. The quantitative estimate of drug-likeness (QED) is 0.529. The van der Waals surface area contributed by atoms with Gasteiger partial charge in [0.1, 0.15) is 18.1 Å². The number of hydrogen-bond acceptors (Lipinski definition) is 5. The number of nitrogens with zero attached hydrogens (tertiary/aromatic N) is 3. The summed E-state index contributed by atoms with van der Waals surface area (Å²) in [5.74, 6) is 0.177. The Morgan fingerprint density at radius 3 is 2.74 bits per heavy atom. The third-order valence-corrected chi connectivity index (χ3v) is 4.15. The first kappa shape index (κ1) is 16.9. The average Bonchev–Trinajstić information content (AvgIpc) is 3.31. The van der Waals surface area contributed by atoms with E-state index in [9.17, 15) is 9.18 Å². The molecule has 0 saturated heterocycles. The molecule has 27 heavy (non-hydrogen) atoms. The second kappa shape index (κ2) is 6.99. The number of carbonyl (C=O) groups excluding carboxylic acids is 1. The molecule has 0 aliphatic rings. The van der Waals surface area contributed by atoms with Gasteiger partial charge in [-0.2, -0.15) is 10.2 Å². The van der Waals surface area contributed by atoms with E-state index < -0.39 is 0 Å². The Morgan fingerprint density at radius 1 is 1.15 bits per heavy atom. The highest BCUT2D eigenvalue weighted by molar-refractivity contribution is 6.01. The molecule has 0 amide bonds. The van der Waals surface area contributed by atoms with Gasteiger partial charge in [-0.1, -0.05) is 12.1 Å². The van der Waals surface area contributed by atoms with Crippen LogP contribution in [0.15, 0.2) is 42.6 Å². The van der Waals surface area contributed by atoms with Crippen LogP contribution < -0.4 is 0 Å². The number of ether oxygens (including phenoxy) is 1. The number of halogens is 1. The maximum atomic E-state index is 13.4. The van der Waals surface area contributed by atoms with Crippen molar-refractivity contribution in [3.63, 3.8) is 0 Å². The SMILES string of the molecule is CCOC(=O)Cc1nc(-c2ccc3[nH]ncc3c2-c2ccc(F)cc2)n[nH]1. The van der Waals surface area contributed by atoms with E-state index in [2.05, 4.69) is 25.4 Å². The number of H-pyrrole nitrogens is 2. The van der Waals surface area contributed by atoms with Crippen LogP contribution >= 0.6 is 0 Å². The Morgan fingerprint density at radius 2 is 1.96 bits per heavy atom. The standard InChI is InChI=1S/C19H16FN5O2/c1-2-27-17(26)9-16-22-19(25-24-16)13-7-8-15-14(10-21-23-15)18(13)11-3-5-12(20)6-4-11/h3-8,10H,2,9H2,1H3,(H,21,23)(H,22,24,25). The van der Waals surface area contributed by atoms with E-state index in [1.807, 2.05) is 12.1 Å². The van der Waals surface area contributed by atoms with Gasteiger partial charge >= 0.3 is 5.97 Å². The second-order valence-electron chi connectivity index (χ2n) is 5.91. The maximum Gasteiger partial charge on any atom is 0.313 e. The predicted molar refractivity (Wildman–Crippen MR) is 97.2 cm³/mol. The third kappa shape index (κ3) is 3.29. The van der Waals surface area contributed by atoms with Gasteiger partial charge in [0.15, 0.2) is 5.82 Å². The van der Waals surface area contributed by atoms with Crippen LogP contribution in [0, 0.1) is 5.82 Å². The van der Waals surface area contributed by atoms with Gasteiger partial charge in [-0.05, 0) is 36.8 Å². The highest BCUT2D eigenvalue weighted by Crippen LogP contribution is 2.36. The molecule has 136 valence electrons. The molecule has 0 radical (unpaired) electrons. The minimum Gasteiger partial charge on any atom is -0.466 e. The molecule has 0 aliphatic heterocycles. The van der Waals surface area contributed by atoms with E-state index >= 15 is 0 Å². The minimum absolute atomic E-state index is 0.0146. The molecule has 0 bridgehead atoms. The smallest absolute Gasteiger partial charge is 0.313 e. The van der Waals surface area contributed by atoms with Gasteiger partial charge in [0.05, 0.1) is 18.3 Å². The normalized spacial score (nSPS) is 11.0. The molecule has 0 unspecified atom stereocenters. The van der Waals surface area contributed by atoms with E-state index in [0.717, 1.165) is 27.6 Å². The van der Waals surface area contributed by atoms with E-state index in [4.69, 9.17) is 4.74 Å². The van der Waals surface area contributed by atoms with Crippen molar-refractivity contribution >= 4 is 16.9 Å². The molecule has 7 nitrogen and oxygen atoms in total. The first-order valence-corrected chi connectivity index (χ1v) is 8.45. The summed E-state index contributed by atoms with van der Waals surface area (Å²) < 4.78 is 18.3. The Kier molecular flexibility index (Phi) is 4.37. The molecule has 0 fully saturated rings. The number of benzene rings is 2. The van der Waals surface area contributed by atoms with Crippen molar-refractivity contribution < 1.29 is 13.9 Å². The lowest BCUT2D eigenvalue weighted by atomic mass is 9.95. The third-order valence-electron chi connectivity index (χ3n) is 4.15. The fraction of sp³-hybridized carbons (Fsp3) is 0.158. The van der Waals surface area contributed by atoms with Crippen LogP contribution in [0.2, 0.25) is 0 Å². The number of esters is 1. The fourth-order valence-electron chi connectivity index (χ4n) is 2.97. The number of fused-ring (bicyclic) bond motifs is 1. The lowest BCUT2D eigenvalue weighted by Gasteiger charge is -2.09. The Bertz CT molecular complexity index is 1100. The van der Waals surface area contributed by atoms with Crippen molar-refractivity contribution in [2.75, 3.05) is 6.61 Å². The molecule has 0 spiro atoms. The summed E-state index contributed by atoms with van der Waals surface area (Å²) in [5.41, 5.74) is 3.25. The summed E-state index contributed by atoms with van der Waals surface area (Å²) >= 11 is 0. The van der Waals surface area contributed by atoms with Gasteiger partial charge in [-0.15, -0.1) is 0 Å². The summed E-state index contributed by atoms with van der Waals surface area (Å²) in [6.07, 6.45) is 1.73. The first-order valence-electron chi connectivity index (χ1n) is 8.45. The van der Waals surface area contributed by atoms with Crippen LogP contribution in [0.25, 0.3) is 33.4 Å². The molecule has 0 atom stereocenters. The van der Waals surface area contributed by atoms with Crippen molar-refractivity contribution in [2.45, 2.75) is 13.3 Å². The Labute approximate surface area is 153 Å². The molecule has 4 aromatic rings. The molecule has 2 aromatic heterocycles. The molecular weight excluding hydrogens is 349 g/mol. The molecule has 4 rings (SSSR count). The highest BCUT2D eigenvalue weighted by atomic mass is 19.1. The number of rotatable bonds is 5. The number of aromatic nitrogens is 5. The molecule has 2 aromatic carbocycles. The molecule has 0 saturated carbocycles. The van der Waals surface area contributed by atoms with E-state index in [0.29, 0.717) is 18.3 Å². The predicted octanol–water partition coefficient (Wildman–Crippen LogP) is 3.26. The lowest BCUT2D eigenvalue weighted by Crippen LogP contribution is -2.08. The van der Waals surface area contributed by atoms with Crippen LogP contribution in [-0.2, 0) is 16.0 Å². The molecule has 2 N–H and O–H groups in total. The lowest BCUT2D eigenvalue weighted by molar-refractivity contribution is -0.142. The summed E-state index contributed by atoms with van der Waals surface area (Å²) in [6, 6.07) is 9.96. The monoisotopic (exact) mass is 365 g/mol. The average molecular weight is 365 g/mol. The summed E-state index contributed by atoms with van der Waals surface area (Å²) in [7, 11) is 0. The highest BCUT2D eigenvalue weighted by Gasteiger charge is 2.17. The minimum atomic E-state index is -0.371. The van der Waals surface area contributed by atoms with Crippen LogP contribution in [0.4, 0.5) is 4.39 Å². The Hall–Kier alpha value is -3.55. The molecule has 0 aliphatic carbocycles. The second-order valence-corrected chi connectivity index (χ2v) is 5.91.